The van der Waals surface area contributed by atoms with Gasteiger partial charge in [-0.25, -0.2) is 0 Å². The summed E-state index contributed by atoms with van der Waals surface area (Å²) in [7, 11) is 0. The summed E-state index contributed by atoms with van der Waals surface area (Å²) in [5, 5.41) is 3.46. The zero-order valence-electron chi connectivity index (χ0n) is 12.9. The van der Waals surface area contributed by atoms with Crippen LogP contribution in [-0.2, 0) is 4.79 Å². The van der Waals surface area contributed by atoms with Gasteiger partial charge in [-0.1, -0.05) is 20.3 Å². The third kappa shape index (κ3) is 2.96. The fraction of sp³-hybridized carbons (Fsp3) is 0.938. The molecule has 1 amide bonds. The first-order chi connectivity index (χ1) is 9.10. The van der Waals surface area contributed by atoms with Crippen LogP contribution in [0, 0.1) is 11.3 Å². The molecule has 110 valence electrons. The summed E-state index contributed by atoms with van der Waals surface area (Å²) in [6.07, 6.45) is 6.80. The molecule has 3 nitrogen and oxygen atoms in total. The van der Waals surface area contributed by atoms with Gasteiger partial charge in [0.25, 0.3) is 0 Å². The zero-order chi connectivity index (χ0) is 13.9. The average Bonchev–Trinajstić information content (AvgIpc) is 2.42. The highest BCUT2D eigenvalue weighted by Crippen LogP contribution is 2.36. The van der Waals surface area contributed by atoms with Gasteiger partial charge in [0.05, 0.1) is 5.41 Å². The van der Waals surface area contributed by atoms with Gasteiger partial charge in [-0.2, -0.15) is 0 Å². The molecule has 0 saturated carbocycles. The molecule has 3 atom stereocenters. The second kappa shape index (κ2) is 6.25. The van der Waals surface area contributed by atoms with Gasteiger partial charge in [0.2, 0.25) is 5.91 Å². The molecule has 3 heteroatoms. The Morgan fingerprint density at radius 2 is 2.16 bits per heavy atom. The second-order valence-electron chi connectivity index (χ2n) is 6.67. The quantitative estimate of drug-likeness (QED) is 0.852. The molecular weight excluding hydrogens is 236 g/mol. The molecule has 2 saturated heterocycles. The van der Waals surface area contributed by atoms with Gasteiger partial charge < -0.3 is 10.2 Å². The van der Waals surface area contributed by atoms with E-state index in [-0.39, 0.29) is 5.41 Å². The van der Waals surface area contributed by atoms with Crippen LogP contribution < -0.4 is 5.32 Å². The van der Waals surface area contributed by atoms with Crippen LogP contribution in [-0.4, -0.2) is 36.5 Å². The number of nitrogens with one attached hydrogen (secondary N) is 1. The smallest absolute Gasteiger partial charge is 0.230 e. The van der Waals surface area contributed by atoms with Crippen molar-refractivity contribution in [3.8, 4) is 0 Å². The number of piperidine rings is 2. The van der Waals surface area contributed by atoms with Crippen LogP contribution in [0.1, 0.15) is 59.3 Å². The summed E-state index contributed by atoms with van der Waals surface area (Å²) < 4.78 is 0. The van der Waals surface area contributed by atoms with Crippen molar-refractivity contribution in [2.45, 2.75) is 65.3 Å². The lowest BCUT2D eigenvalue weighted by Crippen LogP contribution is -2.56. The van der Waals surface area contributed by atoms with Crippen LogP contribution in [0.4, 0.5) is 0 Å². The molecule has 1 N–H and O–H groups in total. The molecule has 2 fully saturated rings. The lowest BCUT2D eigenvalue weighted by molar-refractivity contribution is -0.148. The first kappa shape index (κ1) is 14.8. The molecule has 2 rings (SSSR count). The summed E-state index contributed by atoms with van der Waals surface area (Å²) in [6.45, 7) is 9.65. The predicted molar refractivity (Wildman–Crippen MR) is 79.0 cm³/mol. The number of likely N-dealkylation sites (tertiary alicyclic amines) is 1. The largest absolute Gasteiger partial charge is 0.339 e. The number of carbonyl (C=O) groups is 1. The molecule has 2 heterocycles. The van der Waals surface area contributed by atoms with Crippen molar-refractivity contribution in [2.75, 3.05) is 19.6 Å². The van der Waals surface area contributed by atoms with Gasteiger partial charge in [-0.15, -0.1) is 0 Å². The Balaban J connectivity index is 2.14. The van der Waals surface area contributed by atoms with E-state index in [4.69, 9.17) is 0 Å². The Labute approximate surface area is 118 Å². The number of carbonyl (C=O) groups excluding carboxylic acids is 1. The van der Waals surface area contributed by atoms with Gasteiger partial charge in [0.1, 0.15) is 0 Å². The van der Waals surface area contributed by atoms with E-state index in [0.29, 0.717) is 17.9 Å². The highest BCUT2D eigenvalue weighted by Gasteiger charge is 2.43. The van der Waals surface area contributed by atoms with E-state index in [2.05, 4.69) is 31.0 Å². The Bertz CT molecular complexity index is 304. The van der Waals surface area contributed by atoms with E-state index in [1.807, 2.05) is 0 Å². The van der Waals surface area contributed by atoms with Crippen molar-refractivity contribution in [2.24, 2.45) is 11.3 Å². The van der Waals surface area contributed by atoms with E-state index >= 15 is 0 Å². The molecule has 0 aromatic carbocycles. The normalized spacial score (nSPS) is 36.3. The van der Waals surface area contributed by atoms with Crippen LogP contribution >= 0.6 is 0 Å². The number of hydrogen-bond donors (Lipinski definition) is 1. The van der Waals surface area contributed by atoms with Gasteiger partial charge >= 0.3 is 0 Å². The Morgan fingerprint density at radius 3 is 2.79 bits per heavy atom. The molecule has 0 aromatic rings. The number of nitrogens with zero attached hydrogens (tertiary/aromatic N) is 1. The second-order valence-corrected chi connectivity index (χ2v) is 6.67. The molecule has 19 heavy (non-hydrogen) atoms. The van der Waals surface area contributed by atoms with Crippen molar-refractivity contribution < 1.29 is 4.79 Å². The minimum absolute atomic E-state index is 0.113. The van der Waals surface area contributed by atoms with Crippen LogP contribution in [0.15, 0.2) is 0 Å². The third-order valence-corrected chi connectivity index (χ3v) is 5.29. The van der Waals surface area contributed by atoms with Crippen molar-refractivity contribution >= 4 is 5.91 Å². The molecule has 0 radical (unpaired) electrons. The van der Waals surface area contributed by atoms with Crippen LogP contribution in [0.25, 0.3) is 0 Å². The molecular formula is C16H30N2O. The maximum atomic E-state index is 13.1. The van der Waals surface area contributed by atoms with Gasteiger partial charge in [-0.3, -0.25) is 4.79 Å². The van der Waals surface area contributed by atoms with E-state index < -0.39 is 0 Å². The van der Waals surface area contributed by atoms with E-state index in [1.165, 1.54) is 12.8 Å². The predicted octanol–water partition coefficient (Wildman–Crippen LogP) is 2.80. The first-order valence-corrected chi connectivity index (χ1v) is 8.12. The van der Waals surface area contributed by atoms with E-state index in [1.54, 1.807) is 0 Å². The summed E-state index contributed by atoms with van der Waals surface area (Å²) in [5.74, 6) is 1.08. The summed E-state index contributed by atoms with van der Waals surface area (Å²) in [6, 6.07) is 0.414. The van der Waals surface area contributed by atoms with Gasteiger partial charge in [0.15, 0.2) is 0 Å². The minimum atomic E-state index is -0.113. The van der Waals surface area contributed by atoms with E-state index in [9.17, 15) is 4.79 Å². The minimum Gasteiger partial charge on any atom is -0.339 e. The van der Waals surface area contributed by atoms with E-state index in [0.717, 1.165) is 45.3 Å². The standard InChI is InChI=1S/C16H30N2O/c1-4-8-16(9-6-10-17-12-16)15(19)18-11-5-7-13(2)14(18)3/h13-14,17H,4-12H2,1-3H3. The van der Waals surface area contributed by atoms with Gasteiger partial charge in [-0.05, 0) is 51.5 Å². The maximum absolute atomic E-state index is 13.1. The van der Waals surface area contributed by atoms with Crippen molar-refractivity contribution in [1.82, 2.24) is 10.2 Å². The monoisotopic (exact) mass is 266 g/mol. The highest BCUT2D eigenvalue weighted by molar-refractivity contribution is 5.83. The van der Waals surface area contributed by atoms with Gasteiger partial charge in [0, 0.05) is 19.1 Å². The topological polar surface area (TPSA) is 32.3 Å². The Hall–Kier alpha value is -0.570. The Kier molecular flexibility index (Phi) is 4.88. The zero-order valence-corrected chi connectivity index (χ0v) is 12.9. The molecule has 0 bridgehead atoms. The fourth-order valence-electron chi connectivity index (χ4n) is 3.88. The first-order valence-electron chi connectivity index (χ1n) is 8.12. The SMILES string of the molecule is CCCC1(C(=O)N2CCCC(C)C2C)CCCNC1. The molecule has 2 aliphatic heterocycles. The van der Waals surface area contributed by atoms with Crippen molar-refractivity contribution in [3.63, 3.8) is 0 Å². The highest BCUT2D eigenvalue weighted by atomic mass is 16.2. The summed E-state index contributed by atoms with van der Waals surface area (Å²) in [5.41, 5.74) is -0.113. The lowest BCUT2D eigenvalue weighted by atomic mass is 9.74. The van der Waals surface area contributed by atoms with Crippen molar-refractivity contribution in [3.05, 3.63) is 0 Å². The summed E-state index contributed by atoms with van der Waals surface area (Å²) in [4.78, 5) is 15.3. The number of amides is 1. The third-order valence-electron chi connectivity index (χ3n) is 5.29. The average molecular weight is 266 g/mol. The van der Waals surface area contributed by atoms with Crippen LogP contribution in [0.3, 0.4) is 0 Å². The number of rotatable bonds is 3. The number of hydrogen-bond acceptors (Lipinski definition) is 2. The fourth-order valence-corrected chi connectivity index (χ4v) is 3.88. The maximum Gasteiger partial charge on any atom is 0.230 e. The van der Waals surface area contributed by atoms with Crippen LogP contribution in [0.5, 0.6) is 0 Å². The summed E-state index contributed by atoms with van der Waals surface area (Å²) >= 11 is 0. The molecule has 2 aliphatic rings. The molecule has 0 aromatic heterocycles. The lowest BCUT2D eigenvalue weighted by Gasteiger charge is -2.45. The Morgan fingerprint density at radius 1 is 1.37 bits per heavy atom. The van der Waals surface area contributed by atoms with Crippen molar-refractivity contribution in [1.29, 1.82) is 0 Å². The molecule has 3 unspecified atom stereocenters. The molecule has 0 aliphatic carbocycles. The molecule has 0 spiro atoms. The van der Waals surface area contributed by atoms with Crippen LogP contribution in [0.2, 0.25) is 0 Å².